The molecule has 0 saturated carbocycles. The predicted octanol–water partition coefficient (Wildman–Crippen LogP) is 4.84. The number of carbonyl (C=O) groups is 1. The zero-order valence-electron chi connectivity index (χ0n) is 19.8. The molecule has 176 valence electrons. The molecule has 0 atom stereocenters. The molecule has 9 heteroatoms. The van der Waals surface area contributed by atoms with Crippen molar-refractivity contribution < 1.29 is 37.8 Å². The highest BCUT2D eigenvalue weighted by Gasteiger charge is 2.52. The van der Waals surface area contributed by atoms with Crippen molar-refractivity contribution in [1.29, 1.82) is 0 Å². The normalized spacial score (nSPS) is 18.2. The van der Waals surface area contributed by atoms with E-state index in [4.69, 9.17) is 23.5 Å². The van der Waals surface area contributed by atoms with E-state index in [-0.39, 0.29) is 36.4 Å². The number of methoxy groups -OCH3 is 1. The number of aliphatic hydroxyl groups excluding tert-OH is 1. The van der Waals surface area contributed by atoms with Crippen molar-refractivity contribution in [2.75, 3.05) is 13.7 Å². The van der Waals surface area contributed by atoms with Crippen LogP contribution in [0.4, 0.5) is 4.39 Å². The summed E-state index contributed by atoms with van der Waals surface area (Å²) in [4.78, 5) is 11.9. The summed E-state index contributed by atoms with van der Waals surface area (Å²) < 4.78 is 42.5. The van der Waals surface area contributed by atoms with Crippen LogP contribution in [0.1, 0.15) is 53.5 Å². The molecule has 1 heterocycles. The Labute approximate surface area is 189 Å². The summed E-state index contributed by atoms with van der Waals surface area (Å²) in [7, 11) is 0.493. The maximum atomic E-state index is 15.0. The summed E-state index contributed by atoms with van der Waals surface area (Å²) in [5.74, 6) is -0.0260. The predicted molar refractivity (Wildman–Crippen MR) is 119 cm³/mol. The highest BCUT2D eigenvalue weighted by atomic mass is 19.1. The van der Waals surface area contributed by atoms with Gasteiger partial charge in [-0.05, 0) is 40.7 Å². The molecule has 0 aliphatic carbocycles. The average Bonchev–Trinajstić information content (AvgIpc) is 2.93. The summed E-state index contributed by atoms with van der Waals surface area (Å²) in [6, 6.07) is 3.71. The Hall–Kier alpha value is -2.52. The van der Waals surface area contributed by atoms with E-state index in [1.807, 2.05) is 27.7 Å². The van der Waals surface area contributed by atoms with Gasteiger partial charge in [0.05, 0.1) is 37.1 Å². The van der Waals surface area contributed by atoms with Gasteiger partial charge in [0.15, 0.2) is 0 Å². The molecular formula is C23H32BFO7. The number of esters is 1. The van der Waals surface area contributed by atoms with Crippen molar-refractivity contribution in [3.8, 4) is 11.5 Å². The number of allylic oxidation sites excluding steroid dienone is 3. The molecule has 0 aromatic heterocycles. The number of benzene rings is 1. The van der Waals surface area contributed by atoms with Crippen LogP contribution >= 0.6 is 0 Å². The van der Waals surface area contributed by atoms with Gasteiger partial charge in [0, 0.05) is 29.6 Å². The Bertz CT molecular complexity index is 876. The van der Waals surface area contributed by atoms with E-state index >= 15 is 4.39 Å². The number of rotatable bonds is 9. The van der Waals surface area contributed by atoms with E-state index in [0.29, 0.717) is 11.3 Å². The molecule has 7 nitrogen and oxygen atoms in total. The standard InChI is InChI=1S/C23H32BFO7/c1-8-18(26)17(24-31-22(3,4)23(5,6)32-24)14-20(25)30-19-13-16(28-7)11-10-15(19)12-21(27)29-9-2/h10-11,13-14,26H,8-9,12H2,1-7H3/b18-17-,20-14+. The number of ether oxygens (including phenoxy) is 3. The van der Waals surface area contributed by atoms with Gasteiger partial charge in [-0.3, -0.25) is 4.79 Å². The first-order valence-electron chi connectivity index (χ1n) is 10.6. The van der Waals surface area contributed by atoms with Crippen LogP contribution in [0.15, 0.2) is 41.5 Å². The third kappa shape index (κ3) is 6.04. The summed E-state index contributed by atoms with van der Waals surface area (Å²) in [6.45, 7) is 11.1. The highest BCUT2D eigenvalue weighted by molar-refractivity contribution is 6.55. The lowest BCUT2D eigenvalue weighted by molar-refractivity contribution is -0.142. The van der Waals surface area contributed by atoms with Crippen LogP contribution < -0.4 is 9.47 Å². The largest absolute Gasteiger partial charge is 0.513 e. The fraction of sp³-hybridized carbons (Fsp3) is 0.522. The SMILES string of the molecule is CCOC(=O)Cc1ccc(OC)cc1O/C(F)=C/C(B1OC(C)(C)C(C)(C)O1)=C(/O)CC. The van der Waals surface area contributed by atoms with Gasteiger partial charge in [-0.15, -0.1) is 0 Å². The summed E-state index contributed by atoms with van der Waals surface area (Å²) >= 11 is 0. The van der Waals surface area contributed by atoms with Crippen molar-refractivity contribution in [3.05, 3.63) is 47.1 Å². The number of aliphatic hydroxyl groups is 1. The molecule has 1 aliphatic heterocycles. The van der Waals surface area contributed by atoms with Gasteiger partial charge < -0.3 is 28.6 Å². The van der Waals surface area contributed by atoms with E-state index < -0.39 is 30.3 Å². The number of hydrogen-bond acceptors (Lipinski definition) is 7. The van der Waals surface area contributed by atoms with Crippen molar-refractivity contribution >= 4 is 13.1 Å². The maximum Gasteiger partial charge on any atom is 0.498 e. The fourth-order valence-corrected chi connectivity index (χ4v) is 2.99. The van der Waals surface area contributed by atoms with Gasteiger partial charge in [0.1, 0.15) is 11.5 Å². The molecule has 0 radical (unpaired) electrons. The second-order valence-corrected chi connectivity index (χ2v) is 8.35. The third-order valence-electron chi connectivity index (χ3n) is 5.57. The molecule has 0 spiro atoms. The Morgan fingerprint density at radius 2 is 1.81 bits per heavy atom. The van der Waals surface area contributed by atoms with Crippen LogP contribution in [0.5, 0.6) is 11.5 Å². The van der Waals surface area contributed by atoms with Gasteiger partial charge in [-0.25, -0.2) is 0 Å². The number of halogens is 1. The molecular weight excluding hydrogens is 418 g/mol. The number of hydrogen-bond donors (Lipinski definition) is 1. The minimum Gasteiger partial charge on any atom is -0.513 e. The van der Waals surface area contributed by atoms with Gasteiger partial charge >= 0.3 is 13.1 Å². The van der Waals surface area contributed by atoms with Crippen LogP contribution in [0, 0.1) is 0 Å². The van der Waals surface area contributed by atoms with Gasteiger partial charge in [0.2, 0.25) is 0 Å². The molecule has 2 rings (SSSR count). The minimum absolute atomic E-state index is 0.0837. The topological polar surface area (TPSA) is 83.5 Å². The highest BCUT2D eigenvalue weighted by Crippen LogP contribution is 2.39. The second-order valence-electron chi connectivity index (χ2n) is 8.35. The van der Waals surface area contributed by atoms with Crippen molar-refractivity contribution in [2.45, 2.75) is 65.6 Å². The Kier molecular flexibility index (Phi) is 8.37. The average molecular weight is 450 g/mol. The summed E-state index contributed by atoms with van der Waals surface area (Å²) in [5, 5.41) is 10.4. The lowest BCUT2D eigenvalue weighted by Crippen LogP contribution is -2.41. The molecule has 1 saturated heterocycles. The molecule has 0 bridgehead atoms. The van der Waals surface area contributed by atoms with Crippen LogP contribution in [0.25, 0.3) is 0 Å². The molecule has 0 amide bonds. The van der Waals surface area contributed by atoms with Crippen LogP contribution in [-0.2, 0) is 25.3 Å². The molecule has 1 fully saturated rings. The van der Waals surface area contributed by atoms with Gasteiger partial charge in [-0.2, -0.15) is 4.39 Å². The molecule has 1 N–H and O–H groups in total. The monoisotopic (exact) mass is 450 g/mol. The molecule has 1 aromatic carbocycles. The maximum absolute atomic E-state index is 15.0. The van der Waals surface area contributed by atoms with Gasteiger partial charge in [-0.1, -0.05) is 13.0 Å². The van der Waals surface area contributed by atoms with Crippen LogP contribution in [-0.4, -0.2) is 43.1 Å². The van der Waals surface area contributed by atoms with Crippen molar-refractivity contribution in [3.63, 3.8) is 0 Å². The lowest BCUT2D eigenvalue weighted by atomic mass is 9.76. The molecule has 0 unspecified atom stereocenters. The smallest absolute Gasteiger partial charge is 0.498 e. The van der Waals surface area contributed by atoms with E-state index in [9.17, 15) is 9.90 Å². The quantitative estimate of drug-likeness (QED) is 0.249. The first-order chi connectivity index (χ1) is 14.9. The Balaban J connectivity index is 2.35. The Morgan fingerprint density at radius 3 is 2.34 bits per heavy atom. The number of carbonyl (C=O) groups excluding carboxylic acids is 1. The molecule has 1 aliphatic rings. The Morgan fingerprint density at radius 1 is 1.19 bits per heavy atom. The van der Waals surface area contributed by atoms with E-state index in [1.165, 1.54) is 13.2 Å². The summed E-state index contributed by atoms with van der Waals surface area (Å²) in [6.07, 6.45) is 1.19. The minimum atomic E-state index is -1.01. The molecule has 32 heavy (non-hydrogen) atoms. The zero-order chi connectivity index (χ0) is 24.1. The fourth-order valence-electron chi connectivity index (χ4n) is 2.99. The third-order valence-corrected chi connectivity index (χ3v) is 5.57. The van der Waals surface area contributed by atoms with E-state index in [0.717, 1.165) is 6.08 Å². The zero-order valence-corrected chi connectivity index (χ0v) is 19.8. The van der Waals surface area contributed by atoms with Crippen LogP contribution in [0.3, 0.4) is 0 Å². The van der Waals surface area contributed by atoms with Crippen LogP contribution in [0.2, 0.25) is 0 Å². The van der Waals surface area contributed by atoms with E-state index in [1.54, 1.807) is 26.0 Å². The second kappa shape index (κ2) is 10.4. The van der Waals surface area contributed by atoms with E-state index in [2.05, 4.69) is 0 Å². The lowest BCUT2D eigenvalue weighted by Gasteiger charge is -2.32. The first-order valence-corrected chi connectivity index (χ1v) is 10.6. The van der Waals surface area contributed by atoms with Crippen molar-refractivity contribution in [2.24, 2.45) is 0 Å². The summed E-state index contributed by atoms with van der Waals surface area (Å²) in [5.41, 5.74) is -0.782. The molecule has 1 aromatic rings. The van der Waals surface area contributed by atoms with Crippen molar-refractivity contribution in [1.82, 2.24) is 0 Å². The van der Waals surface area contributed by atoms with Gasteiger partial charge in [0.25, 0.3) is 6.01 Å². The first kappa shape index (κ1) is 25.7.